The van der Waals surface area contributed by atoms with Gasteiger partial charge < -0.3 is 41.2 Å². The fraction of sp³-hybridized carbons (Fsp3) is 0.733. The van der Waals surface area contributed by atoms with Crippen LogP contribution < -0.4 is 16.4 Å². The lowest BCUT2D eigenvalue weighted by Crippen LogP contribution is -2.74. The van der Waals surface area contributed by atoms with Crippen LogP contribution in [0.2, 0.25) is 0 Å². The number of nitrogens with one attached hydrogen (secondary N) is 2. The number of amides is 1. The summed E-state index contributed by atoms with van der Waals surface area (Å²) in [4.78, 5) is 23.5. The number of hydrogen-bond donors (Lipinski definition) is 6. The maximum absolute atomic E-state index is 15.2. The zero-order valence-electron chi connectivity index (χ0n) is 14.9. The van der Waals surface area contributed by atoms with E-state index in [-0.39, 0.29) is 12.4 Å². The quantitative estimate of drug-likeness (QED) is 0.244. The smallest absolute Gasteiger partial charge is 0.375 e. The third-order valence-corrected chi connectivity index (χ3v) is 3.91. The molecule has 10 nitrogen and oxygen atoms in total. The number of esters is 1. The summed E-state index contributed by atoms with van der Waals surface area (Å²) in [7, 11) is 0. The molecule has 1 aliphatic heterocycles. The van der Waals surface area contributed by atoms with Crippen LogP contribution in [0.5, 0.6) is 0 Å². The van der Waals surface area contributed by atoms with Gasteiger partial charge >= 0.3 is 11.8 Å². The Morgan fingerprint density at radius 1 is 1.37 bits per heavy atom. The van der Waals surface area contributed by atoms with E-state index < -0.39 is 60.9 Å². The van der Waals surface area contributed by atoms with Gasteiger partial charge in [-0.3, -0.25) is 4.79 Å². The molecule has 7 atom stereocenters. The molecule has 0 aromatic heterocycles. The van der Waals surface area contributed by atoms with Crippen molar-refractivity contribution >= 4 is 11.9 Å². The molecular weight excluding hydrogens is 372 g/mol. The van der Waals surface area contributed by atoms with E-state index in [0.29, 0.717) is 0 Å². The molecule has 2 unspecified atom stereocenters. The molecule has 0 bridgehead atoms. The average Bonchev–Trinajstić information content (AvgIpc) is 2.59. The largest absolute Gasteiger partial charge is 0.462 e. The van der Waals surface area contributed by atoms with E-state index in [0.717, 1.165) is 6.92 Å². The summed E-state index contributed by atoms with van der Waals surface area (Å²) in [5.41, 5.74) is 5.39. The molecule has 0 aromatic carbocycles. The third kappa shape index (κ3) is 5.03. The normalized spacial score (nSPS) is 32.9. The SMILES string of the molecule is C=C(N)NC1[C@@H](NC(C)=O)C([C@H](O)[C@H](O)CO)O[C@@](F)(C(=O)OCC)[C@H]1F. The Balaban J connectivity index is 3.42. The number of aliphatic hydroxyl groups is 3. The topological polar surface area (TPSA) is 163 Å². The highest BCUT2D eigenvalue weighted by Crippen LogP contribution is 2.36. The van der Waals surface area contributed by atoms with Crippen LogP contribution in [0.4, 0.5) is 8.78 Å². The molecule has 1 amide bonds. The predicted molar refractivity (Wildman–Crippen MR) is 87.2 cm³/mol. The summed E-state index contributed by atoms with van der Waals surface area (Å²) in [5.74, 6) is -6.41. The van der Waals surface area contributed by atoms with Crippen molar-refractivity contribution < 1.29 is 43.2 Å². The summed E-state index contributed by atoms with van der Waals surface area (Å²) in [6.45, 7) is 4.49. The van der Waals surface area contributed by atoms with E-state index in [1.54, 1.807) is 0 Å². The maximum Gasteiger partial charge on any atom is 0.375 e. The number of nitrogens with two attached hydrogens (primary N) is 1. The Hall–Kier alpha value is -2.02. The van der Waals surface area contributed by atoms with Crippen molar-refractivity contribution in [3.63, 3.8) is 0 Å². The summed E-state index contributed by atoms with van der Waals surface area (Å²) < 4.78 is 39.5. The molecule has 0 spiro atoms. The van der Waals surface area contributed by atoms with Gasteiger partial charge in [0.15, 0.2) is 6.17 Å². The number of aliphatic hydroxyl groups excluding tert-OH is 3. The van der Waals surface area contributed by atoms with Crippen LogP contribution in [0.15, 0.2) is 12.4 Å². The first kappa shape index (κ1) is 23.0. The molecule has 0 aliphatic carbocycles. The number of hydrogen-bond acceptors (Lipinski definition) is 9. The van der Waals surface area contributed by atoms with Gasteiger partial charge in [-0.2, -0.15) is 4.39 Å². The van der Waals surface area contributed by atoms with Gasteiger partial charge in [-0.25, -0.2) is 9.18 Å². The Bertz CT molecular complexity index is 568. The lowest BCUT2D eigenvalue weighted by atomic mass is 9.86. The number of halogens is 2. The highest BCUT2D eigenvalue weighted by atomic mass is 19.2. The molecule has 1 aliphatic rings. The number of carbonyl (C=O) groups excluding carboxylic acids is 2. The molecule has 7 N–H and O–H groups in total. The van der Waals surface area contributed by atoms with Crippen molar-refractivity contribution in [2.45, 2.75) is 56.3 Å². The molecule has 1 rings (SSSR count). The minimum Gasteiger partial charge on any atom is -0.462 e. The van der Waals surface area contributed by atoms with Gasteiger partial charge in [0.25, 0.3) is 0 Å². The molecule has 0 radical (unpaired) electrons. The van der Waals surface area contributed by atoms with Crippen LogP contribution in [-0.4, -0.2) is 82.8 Å². The van der Waals surface area contributed by atoms with Gasteiger partial charge in [-0.1, -0.05) is 6.58 Å². The van der Waals surface area contributed by atoms with Crippen LogP contribution in [0.25, 0.3) is 0 Å². The first-order valence-electron chi connectivity index (χ1n) is 8.12. The molecule has 0 saturated carbocycles. The van der Waals surface area contributed by atoms with Crippen molar-refractivity contribution in [1.29, 1.82) is 0 Å². The Morgan fingerprint density at radius 3 is 2.41 bits per heavy atom. The second kappa shape index (κ2) is 9.26. The Morgan fingerprint density at radius 2 is 1.96 bits per heavy atom. The minimum atomic E-state index is -3.68. The lowest BCUT2D eigenvalue weighted by molar-refractivity contribution is -0.280. The van der Waals surface area contributed by atoms with E-state index in [1.807, 2.05) is 0 Å². The van der Waals surface area contributed by atoms with Crippen molar-refractivity contribution in [1.82, 2.24) is 10.6 Å². The van der Waals surface area contributed by atoms with E-state index in [9.17, 15) is 24.2 Å². The molecule has 0 aromatic rings. The van der Waals surface area contributed by atoms with Crippen LogP contribution in [-0.2, 0) is 19.1 Å². The Labute approximate surface area is 154 Å². The number of rotatable bonds is 8. The zero-order valence-corrected chi connectivity index (χ0v) is 14.9. The van der Waals surface area contributed by atoms with Crippen molar-refractivity contribution in [3.05, 3.63) is 12.4 Å². The van der Waals surface area contributed by atoms with Crippen LogP contribution in [0.3, 0.4) is 0 Å². The molecule has 27 heavy (non-hydrogen) atoms. The van der Waals surface area contributed by atoms with Gasteiger partial charge in [0.05, 0.1) is 31.1 Å². The number of alkyl halides is 2. The van der Waals surface area contributed by atoms with Crippen molar-refractivity contribution in [2.24, 2.45) is 5.73 Å². The van der Waals surface area contributed by atoms with Crippen LogP contribution >= 0.6 is 0 Å². The Kier molecular flexibility index (Phi) is 7.90. The van der Waals surface area contributed by atoms with Gasteiger partial charge in [-0.05, 0) is 6.92 Å². The standard InChI is InChI=1S/C15H25F2N3O7/c1-4-26-14(25)15(17)13(16)10(19-6(2)18)9(20-7(3)22)12(27-15)11(24)8(23)5-21/h8-13,19,21,23-24H,2,4-5,18H2,1,3H3,(H,20,22)/t8-,9-,10?,11-,12?,13+,15-/m1/s1. The highest BCUT2D eigenvalue weighted by molar-refractivity contribution is 5.79. The highest BCUT2D eigenvalue weighted by Gasteiger charge is 2.63. The van der Waals surface area contributed by atoms with Crippen LogP contribution in [0, 0.1) is 0 Å². The van der Waals surface area contributed by atoms with Gasteiger partial charge in [-0.15, -0.1) is 0 Å². The third-order valence-electron chi connectivity index (χ3n) is 3.91. The van der Waals surface area contributed by atoms with E-state index in [2.05, 4.69) is 21.9 Å². The molecule has 1 saturated heterocycles. The number of carbonyl (C=O) groups is 2. The molecule has 1 heterocycles. The van der Waals surface area contributed by atoms with E-state index >= 15 is 4.39 Å². The van der Waals surface area contributed by atoms with Crippen molar-refractivity contribution in [3.8, 4) is 0 Å². The summed E-state index contributed by atoms with van der Waals surface area (Å²) in [6.07, 6.45) is -8.42. The minimum absolute atomic E-state index is 0.288. The van der Waals surface area contributed by atoms with Crippen LogP contribution in [0.1, 0.15) is 13.8 Å². The fourth-order valence-corrected chi connectivity index (χ4v) is 2.74. The van der Waals surface area contributed by atoms with Gasteiger partial charge in [0.1, 0.15) is 18.3 Å². The molecule has 156 valence electrons. The second-order valence-corrected chi connectivity index (χ2v) is 6.01. The fourth-order valence-electron chi connectivity index (χ4n) is 2.74. The second-order valence-electron chi connectivity index (χ2n) is 6.01. The number of ether oxygens (including phenoxy) is 2. The molecular formula is C15H25F2N3O7. The molecule has 1 fully saturated rings. The van der Waals surface area contributed by atoms with Gasteiger partial charge in [0.2, 0.25) is 5.91 Å². The monoisotopic (exact) mass is 397 g/mol. The van der Waals surface area contributed by atoms with Gasteiger partial charge in [0, 0.05) is 6.92 Å². The summed E-state index contributed by atoms with van der Waals surface area (Å²) in [5, 5.41) is 33.5. The average molecular weight is 397 g/mol. The van der Waals surface area contributed by atoms with E-state index in [4.69, 9.17) is 15.6 Å². The first-order chi connectivity index (χ1) is 12.5. The summed E-state index contributed by atoms with van der Waals surface area (Å²) >= 11 is 0. The molecule has 12 heteroatoms. The summed E-state index contributed by atoms with van der Waals surface area (Å²) in [6, 6.07) is -3.22. The van der Waals surface area contributed by atoms with Crippen molar-refractivity contribution in [2.75, 3.05) is 13.2 Å². The maximum atomic E-state index is 15.2. The zero-order chi connectivity index (χ0) is 20.9. The van der Waals surface area contributed by atoms with E-state index in [1.165, 1.54) is 6.92 Å². The lowest BCUT2D eigenvalue weighted by Gasteiger charge is -2.47. The predicted octanol–water partition coefficient (Wildman–Crippen LogP) is -2.44. The first-order valence-corrected chi connectivity index (χ1v) is 8.12.